The first-order valence-corrected chi connectivity index (χ1v) is 13.1. The number of aromatic nitrogens is 4. The lowest BCUT2D eigenvalue weighted by Gasteiger charge is -2.40. The van der Waals surface area contributed by atoms with Crippen molar-refractivity contribution < 1.29 is 5.11 Å². The molecule has 2 N–H and O–H groups in total. The highest BCUT2D eigenvalue weighted by Gasteiger charge is 2.85. The van der Waals surface area contributed by atoms with Crippen molar-refractivity contribution in [2.24, 2.45) is 11.3 Å². The van der Waals surface area contributed by atoms with Gasteiger partial charge in [0.2, 0.25) is 0 Å². The molecule has 7 nitrogen and oxygen atoms in total. The second-order valence-electron chi connectivity index (χ2n) is 10.3. The Kier molecular flexibility index (Phi) is 4.82. The van der Waals surface area contributed by atoms with Gasteiger partial charge in [-0.25, -0.2) is 19.9 Å². The zero-order valence-corrected chi connectivity index (χ0v) is 20.2. The van der Waals surface area contributed by atoms with Crippen LogP contribution in [0.1, 0.15) is 44.0 Å². The van der Waals surface area contributed by atoms with E-state index in [-0.39, 0.29) is 17.4 Å². The first-order chi connectivity index (χ1) is 16.0. The van der Waals surface area contributed by atoms with E-state index in [4.69, 9.17) is 15.0 Å². The van der Waals surface area contributed by atoms with Crippen LogP contribution in [0.5, 0.6) is 0 Å². The molecule has 0 atom stereocenters. The van der Waals surface area contributed by atoms with Gasteiger partial charge in [0.15, 0.2) is 0 Å². The van der Waals surface area contributed by atoms with Gasteiger partial charge in [-0.3, -0.25) is 0 Å². The molecule has 4 heterocycles. The molecule has 8 heteroatoms. The number of thioether (sulfide) groups is 1. The lowest BCUT2D eigenvalue weighted by Crippen LogP contribution is -2.48. The Balaban J connectivity index is 1.29. The van der Waals surface area contributed by atoms with E-state index in [1.165, 1.54) is 16.7 Å². The van der Waals surface area contributed by atoms with Crippen LogP contribution in [-0.2, 0) is 5.41 Å². The maximum Gasteiger partial charge on any atom is 0.138 e. The fourth-order valence-corrected chi connectivity index (χ4v) is 6.15. The largest absolute Gasteiger partial charge is 0.396 e. The minimum Gasteiger partial charge on any atom is -0.396 e. The monoisotopic (exact) mass is 462 g/mol. The molecule has 2 aliphatic carbocycles. The highest BCUT2D eigenvalue weighted by atomic mass is 32.2. The van der Waals surface area contributed by atoms with E-state index in [0.29, 0.717) is 5.92 Å². The van der Waals surface area contributed by atoms with Crippen molar-refractivity contribution in [3.63, 3.8) is 0 Å². The van der Waals surface area contributed by atoms with Crippen LogP contribution in [0, 0.1) is 11.3 Å². The second-order valence-corrected chi connectivity index (χ2v) is 11.2. The maximum absolute atomic E-state index is 9.64. The number of rotatable bonds is 8. The van der Waals surface area contributed by atoms with E-state index < -0.39 is 0 Å². The summed E-state index contributed by atoms with van der Waals surface area (Å²) < 4.78 is 0. The zero-order valence-electron chi connectivity index (χ0n) is 19.4. The number of hydrogen-bond acceptors (Lipinski definition) is 8. The molecule has 2 saturated carbocycles. The summed E-state index contributed by atoms with van der Waals surface area (Å²) >= 11 is 1.92. The SMILES string of the molecule is CSCC1CN(c2ncc(C(C)C)c3cc(Nc4ccnc(C56CC5(CO)C6)n4)ncc23)C1. The molecule has 33 heavy (non-hydrogen) atoms. The van der Waals surface area contributed by atoms with E-state index in [9.17, 15) is 5.11 Å². The summed E-state index contributed by atoms with van der Waals surface area (Å²) in [5.41, 5.74) is 1.28. The predicted molar refractivity (Wildman–Crippen MR) is 133 cm³/mol. The van der Waals surface area contributed by atoms with Crippen molar-refractivity contribution in [3.05, 3.63) is 42.1 Å². The lowest BCUT2D eigenvalue weighted by atomic mass is 9.97. The maximum atomic E-state index is 9.64. The average Bonchev–Trinajstić information content (AvgIpc) is 3.63. The molecular weight excluding hydrogens is 432 g/mol. The minimum absolute atomic E-state index is 0.00694. The van der Waals surface area contributed by atoms with Crippen LogP contribution < -0.4 is 10.2 Å². The molecule has 6 rings (SSSR count). The number of nitrogens with one attached hydrogen (secondary N) is 1. The molecule has 3 aromatic heterocycles. The summed E-state index contributed by atoms with van der Waals surface area (Å²) in [6.07, 6.45) is 9.95. The third-order valence-corrected chi connectivity index (χ3v) is 8.56. The summed E-state index contributed by atoms with van der Waals surface area (Å²) in [6, 6.07) is 4.01. The van der Waals surface area contributed by atoms with Crippen molar-refractivity contribution in [1.82, 2.24) is 19.9 Å². The molecule has 3 fully saturated rings. The van der Waals surface area contributed by atoms with Crippen LogP contribution in [0.4, 0.5) is 17.5 Å². The van der Waals surface area contributed by atoms with Crippen molar-refractivity contribution >= 4 is 40.0 Å². The Hall–Kier alpha value is -2.45. The van der Waals surface area contributed by atoms with Crippen LogP contribution in [0.2, 0.25) is 0 Å². The number of nitrogens with zero attached hydrogens (tertiary/aromatic N) is 5. The first-order valence-electron chi connectivity index (χ1n) is 11.7. The Morgan fingerprint density at radius 2 is 1.97 bits per heavy atom. The number of aliphatic hydroxyl groups excluding tert-OH is 1. The van der Waals surface area contributed by atoms with Gasteiger partial charge in [-0.2, -0.15) is 11.8 Å². The van der Waals surface area contributed by atoms with Gasteiger partial charge in [0.05, 0.1) is 0 Å². The van der Waals surface area contributed by atoms with Gasteiger partial charge < -0.3 is 15.3 Å². The molecule has 1 saturated heterocycles. The summed E-state index contributed by atoms with van der Waals surface area (Å²) in [4.78, 5) is 21.2. The number of aliphatic hydroxyl groups is 1. The number of anilines is 3. The molecule has 3 aliphatic rings. The molecular formula is C25H30N6OS. The van der Waals surface area contributed by atoms with Crippen molar-refractivity contribution in [2.45, 2.75) is 38.0 Å². The van der Waals surface area contributed by atoms with Crippen molar-refractivity contribution in [3.8, 4) is 0 Å². The Bertz CT molecular complexity index is 1220. The Morgan fingerprint density at radius 3 is 2.67 bits per heavy atom. The third-order valence-electron chi connectivity index (χ3n) is 7.75. The molecule has 0 unspecified atom stereocenters. The Morgan fingerprint density at radius 1 is 1.15 bits per heavy atom. The number of hydrogen-bond donors (Lipinski definition) is 2. The molecule has 1 aliphatic heterocycles. The van der Waals surface area contributed by atoms with E-state index in [1.54, 1.807) is 6.20 Å². The van der Waals surface area contributed by atoms with Crippen LogP contribution in [-0.4, -0.2) is 56.7 Å². The van der Waals surface area contributed by atoms with Crippen molar-refractivity contribution in [1.29, 1.82) is 0 Å². The van der Waals surface area contributed by atoms with Crippen molar-refractivity contribution in [2.75, 3.05) is 41.9 Å². The summed E-state index contributed by atoms with van der Waals surface area (Å²) in [5.74, 6) is 5.70. The van der Waals surface area contributed by atoms with E-state index in [0.717, 1.165) is 60.5 Å². The quantitative estimate of drug-likeness (QED) is 0.517. The molecule has 0 amide bonds. The summed E-state index contributed by atoms with van der Waals surface area (Å²) in [7, 11) is 0. The van der Waals surface area contributed by atoms with Gasteiger partial charge in [0, 0.05) is 60.4 Å². The fraction of sp³-hybridized carbons (Fsp3) is 0.520. The Labute approximate surface area is 198 Å². The van der Waals surface area contributed by atoms with E-state index in [2.05, 4.69) is 41.4 Å². The van der Waals surface area contributed by atoms with Gasteiger partial charge in [0.1, 0.15) is 23.3 Å². The van der Waals surface area contributed by atoms with Gasteiger partial charge in [-0.05, 0) is 53.9 Å². The van der Waals surface area contributed by atoms with Gasteiger partial charge in [-0.15, -0.1) is 0 Å². The number of fused-ring (bicyclic) bond motifs is 2. The first kappa shape index (κ1) is 21.1. The fourth-order valence-electron chi connectivity index (χ4n) is 5.47. The predicted octanol–water partition coefficient (Wildman–Crippen LogP) is 4.11. The minimum atomic E-state index is 0.00694. The molecule has 172 valence electrons. The standard InChI is InChI=1S/C25H30N6OS/c1-15(2)18-7-28-22(31-9-16(10-31)11-33-3)19-8-27-21(6-17(18)19)29-20-4-5-26-23(30-20)25-12-24(25,13-25)14-32/h4-8,15-16,32H,9-14H2,1-3H3,(H,26,27,29,30). The molecule has 3 aromatic rings. The van der Waals surface area contributed by atoms with Gasteiger partial charge >= 0.3 is 0 Å². The van der Waals surface area contributed by atoms with Crippen LogP contribution in [0.3, 0.4) is 0 Å². The van der Waals surface area contributed by atoms with E-state index in [1.807, 2.05) is 30.2 Å². The summed E-state index contributed by atoms with van der Waals surface area (Å²) in [6.45, 7) is 6.76. The highest BCUT2D eigenvalue weighted by Crippen LogP contribution is 2.85. The van der Waals surface area contributed by atoms with Gasteiger partial charge in [0.25, 0.3) is 0 Å². The second kappa shape index (κ2) is 7.53. The summed E-state index contributed by atoms with van der Waals surface area (Å²) in [5, 5.41) is 15.3. The van der Waals surface area contributed by atoms with Crippen LogP contribution >= 0.6 is 11.8 Å². The molecule has 0 spiro atoms. The lowest BCUT2D eigenvalue weighted by molar-refractivity contribution is 0.246. The highest BCUT2D eigenvalue weighted by molar-refractivity contribution is 7.98. The van der Waals surface area contributed by atoms with E-state index >= 15 is 0 Å². The molecule has 0 bridgehead atoms. The number of pyridine rings is 2. The third kappa shape index (κ3) is 3.29. The topological polar surface area (TPSA) is 87.1 Å². The van der Waals surface area contributed by atoms with Crippen LogP contribution in [0.15, 0.2) is 30.7 Å². The average molecular weight is 463 g/mol. The van der Waals surface area contributed by atoms with Crippen LogP contribution in [0.25, 0.3) is 10.8 Å². The zero-order chi connectivity index (χ0) is 22.8. The normalized spacial score (nSPS) is 25.8. The van der Waals surface area contributed by atoms with Gasteiger partial charge in [-0.1, -0.05) is 13.8 Å². The molecule has 0 radical (unpaired) electrons. The smallest absolute Gasteiger partial charge is 0.138 e. The molecule has 0 aromatic carbocycles.